The van der Waals surface area contributed by atoms with Gasteiger partial charge in [0, 0.05) is 25.8 Å². The summed E-state index contributed by atoms with van der Waals surface area (Å²) in [5.41, 5.74) is 0.552. The van der Waals surface area contributed by atoms with Gasteiger partial charge in [0.15, 0.2) is 0 Å². The monoisotopic (exact) mass is 244 g/mol. The first-order chi connectivity index (χ1) is 7.47. The predicted octanol–water partition coefficient (Wildman–Crippen LogP) is 1.79. The topological polar surface area (TPSA) is 45.5 Å². The third-order valence-corrected chi connectivity index (χ3v) is 2.58. The van der Waals surface area contributed by atoms with Crippen molar-refractivity contribution in [2.75, 3.05) is 20.2 Å². The summed E-state index contributed by atoms with van der Waals surface area (Å²) >= 11 is 5.89. The lowest BCUT2D eigenvalue weighted by molar-refractivity contribution is 0.0755. The first-order valence-electron chi connectivity index (χ1n) is 5.21. The molecule has 1 amide bonds. The van der Waals surface area contributed by atoms with Gasteiger partial charge in [-0.15, -0.1) is 0 Å². The maximum absolute atomic E-state index is 12.0. The molecule has 5 heteroatoms. The number of carbonyl (C=O) groups is 1. The van der Waals surface area contributed by atoms with Crippen LogP contribution < -0.4 is 0 Å². The fraction of sp³-hybridized carbons (Fsp3) is 0.545. The highest BCUT2D eigenvalue weighted by Crippen LogP contribution is 2.19. The van der Waals surface area contributed by atoms with Gasteiger partial charge in [-0.1, -0.05) is 11.6 Å². The van der Waals surface area contributed by atoms with Gasteiger partial charge in [-0.25, -0.2) is 0 Å². The summed E-state index contributed by atoms with van der Waals surface area (Å²) in [5.74, 6) is -0.130. The van der Waals surface area contributed by atoms with Crippen molar-refractivity contribution in [3.8, 4) is 0 Å². The molecule has 1 aromatic heterocycles. The molecule has 0 unspecified atom stereocenters. The molecule has 0 radical (unpaired) electrons. The minimum absolute atomic E-state index is 0.0433. The highest BCUT2D eigenvalue weighted by atomic mass is 35.5. The van der Waals surface area contributed by atoms with Crippen LogP contribution in [-0.2, 0) is 0 Å². The molecule has 1 N–H and O–H groups in total. The van der Waals surface area contributed by atoms with E-state index in [-0.39, 0.29) is 18.6 Å². The summed E-state index contributed by atoms with van der Waals surface area (Å²) < 4.78 is 1.83. The normalized spacial score (nSPS) is 10.9. The van der Waals surface area contributed by atoms with E-state index in [0.29, 0.717) is 17.3 Å². The van der Waals surface area contributed by atoms with Crippen LogP contribution in [0, 0.1) is 0 Å². The molecule has 0 atom stereocenters. The average Bonchev–Trinajstić information content (AvgIpc) is 2.59. The maximum atomic E-state index is 12.0. The minimum atomic E-state index is -0.130. The summed E-state index contributed by atoms with van der Waals surface area (Å²) in [7, 11) is 1.66. The Balaban J connectivity index is 2.98. The van der Waals surface area contributed by atoms with Gasteiger partial charge in [0.1, 0.15) is 5.69 Å². The van der Waals surface area contributed by atoms with E-state index in [4.69, 9.17) is 16.7 Å². The number of rotatable bonds is 4. The molecule has 1 heterocycles. The van der Waals surface area contributed by atoms with Crippen LogP contribution in [0.25, 0.3) is 0 Å². The number of halogens is 1. The van der Waals surface area contributed by atoms with E-state index in [1.807, 2.05) is 18.4 Å². The Morgan fingerprint density at radius 3 is 2.75 bits per heavy atom. The molecule has 1 rings (SSSR count). The van der Waals surface area contributed by atoms with Crippen LogP contribution in [0.2, 0.25) is 5.02 Å². The second-order valence-electron chi connectivity index (χ2n) is 3.99. The van der Waals surface area contributed by atoms with Crippen LogP contribution in [0.1, 0.15) is 30.4 Å². The second-order valence-corrected chi connectivity index (χ2v) is 4.43. The Hall–Kier alpha value is -1.00. The summed E-state index contributed by atoms with van der Waals surface area (Å²) in [4.78, 5) is 13.5. The standard InChI is InChI=1S/C11H17ClN2O2/c1-8(2)14-7-9(12)6-10(14)11(16)13(3)4-5-15/h6-8,15H,4-5H2,1-3H3. The summed E-state index contributed by atoms with van der Waals surface area (Å²) in [6.45, 7) is 4.25. The van der Waals surface area contributed by atoms with Gasteiger partial charge >= 0.3 is 0 Å². The zero-order valence-corrected chi connectivity index (χ0v) is 10.5. The van der Waals surface area contributed by atoms with E-state index >= 15 is 0 Å². The molecule has 0 spiro atoms. The minimum Gasteiger partial charge on any atom is -0.395 e. The van der Waals surface area contributed by atoms with Crippen molar-refractivity contribution < 1.29 is 9.90 Å². The number of aliphatic hydroxyl groups is 1. The maximum Gasteiger partial charge on any atom is 0.270 e. The first-order valence-corrected chi connectivity index (χ1v) is 5.59. The average molecular weight is 245 g/mol. The Kier molecular flexibility index (Phi) is 4.38. The number of nitrogens with zero attached hydrogens (tertiary/aromatic N) is 2. The van der Waals surface area contributed by atoms with Gasteiger partial charge in [0.25, 0.3) is 5.91 Å². The first kappa shape index (κ1) is 13.1. The van der Waals surface area contributed by atoms with Crippen molar-refractivity contribution in [1.82, 2.24) is 9.47 Å². The molecule has 16 heavy (non-hydrogen) atoms. The molecule has 0 aromatic carbocycles. The van der Waals surface area contributed by atoms with E-state index in [2.05, 4.69) is 0 Å². The Labute approximate surface area is 100 Å². The zero-order chi connectivity index (χ0) is 12.3. The van der Waals surface area contributed by atoms with Gasteiger partial charge in [-0.3, -0.25) is 4.79 Å². The Morgan fingerprint density at radius 2 is 2.25 bits per heavy atom. The molecule has 0 fully saturated rings. The molecule has 0 saturated carbocycles. The van der Waals surface area contributed by atoms with Gasteiger partial charge in [-0.2, -0.15) is 0 Å². The van der Waals surface area contributed by atoms with Crippen molar-refractivity contribution in [1.29, 1.82) is 0 Å². The van der Waals surface area contributed by atoms with Crippen LogP contribution in [0.5, 0.6) is 0 Å². The molecule has 0 bridgehead atoms. The number of hydrogen-bond acceptors (Lipinski definition) is 2. The van der Waals surface area contributed by atoms with E-state index in [9.17, 15) is 4.79 Å². The number of hydrogen-bond donors (Lipinski definition) is 1. The second kappa shape index (κ2) is 5.37. The molecule has 0 aliphatic carbocycles. The SMILES string of the molecule is CC(C)n1cc(Cl)cc1C(=O)N(C)CCO. The Bertz CT molecular complexity index is 374. The molecular formula is C11H17ClN2O2. The van der Waals surface area contributed by atoms with Crippen molar-refractivity contribution >= 4 is 17.5 Å². The molecule has 1 aromatic rings. The van der Waals surface area contributed by atoms with Crippen LogP contribution in [0.15, 0.2) is 12.3 Å². The predicted molar refractivity (Wildman–Crippen MR) is 63.9 cm³/mol. The summed E-state index contributed by atoms with van der Waals surface area (Å²) in [6, 6.07) is 1.83. The van der Waals surface area contributed by atoms with E-state index < -0.39 is 0 Å². The third kappa shape index (κ3) is 2.77. The van der Waals surface area contributed by atoms with Crippen molar-refractivity contribution in [3.05, 3.63) is 23.0 Å². The highest BCUT2D eigenvalue weighted by molar-refractivity contribution is 6.31. The fourth-order valence-corrected chi connectivity index (χ4v) is 1.70. The van der Waals surface area contributed by atoms with Gasteiger partial charge in [-0.05, 0) is 19.9 Å². The van der Waals surface area contributed by atoms with Gasteiger partial charge in [0.05, 0.1) is 11.6 Å². The number of likely N-dealkylation sites (N-methyl/N-ethyl adjacent to an activating group) is 1. The molecule has 0 aliphatic rings. The molecular weight excluding hydrogens is 228 g/mol. The Morgan fingerprint density at radius 1 is 1.62 bits per heavy atom. The van der Waals surface area contributed by atoms with Crippen LogP contribution in [0.4, 0.5) is 0 Å². The third-order valence-electron chi connectivity index (χ3n) is 2.37. The smallest absolute Gasteiger partial charge is 0.270 e. The van der Waals surface area contributed by atoms with Crippen LogP contribution >= 0.6 is 11.6 Å². The van der Waals surface area contributed by atoms with E-state index in [1.54, 1.807) is 19.3 Å². The highest BCUT2D eigenvalue weighted by Gasteiger charge is 2.18. The molecule has 90 valence electrons. The zero-order valence-electron chi connectivity index (χ0n) is 9.77. The number of amides is 1. The van der Waals surface area contributed by atoms with Crippen LogP contribution in [0.3, 0.4) is 0 Å². The molecule has 0 aliphatic heterocycles. The van der Waals surface area contributed by atoms with Crippen molar-refractivity contribution in [2.45, 2.75) is 19.9 Å². The largest absolute Gasteiger partial charge is 0.395 e. The lowest BCUT2D eigenvalue weighted by Crippen LogP contribution is -2.31. The number of aliphatic hydroxyl groups excluding tert-OH is 1. The molecule has 0 saturated heterocycles. The van der Waals surface area contributed by atoms with Gasteiger partial charge < -0.3 is 14.6 Å². The number of aromatic nitrogens is 1. The summed E-state index contributed by atoms with van der Waals surface area (Å²) in [5, 5.41) is 9.34. The van der Waals surface area contributed by atoms with Crippen LogP contribution in [-0.4, -0.2) is 40.7 Å². The summed E-state index contributed by atoms with van der Waals surface area (Å²) in [6.07, 6.45) is 1.74. The number of carbonyl (C=O) groups excluding carboxylic acids is 1. The van der Waals surface area contributed by atoms with Crippen molar-refractivity contribution in [2.24, 2.45) is 0 Å². The lowest BCUT2D eigenvalue weighted by atomic mass is 10.3. The quantitative estimate of drug-likeness (QED) is 0.878. The molecule has 4 nitrogen and oxygen atoms in total. The fourth-order valence-electron chi connectivity index (χ4n) is 1.49. The van der Waals surface area contributed by atoms with E-state index in [0.717, 1.165) is 0 Å². The lowest BCUT2D eigenvalue weighted by Gasteiger charge is -2.18. The van der Waals surface area contributed by atoms with E-state index in [1.165, 1.54) is 4.90 Å². The van der Waals surface area contributed by atoms with Gasteiger partial charge in [0.2, 0.25) is 0 Å². The van der Waals surface area contributed by atoms with Crippen molar-refractivity contribution in [3.63, 3.8) is 0 Å².